The molecule has 0 atom stereocenters. The molecule has 0 bridgehead atoms. The largest absolute Gasteiger partial charge is 0.495 e. The fourth-order valence-corrected chi connectivity index (χ4v) is 3.12. The van der Waals surface area contributed by atoms with E-state index in [0.29, 0.717) is 19.5 Å². The van der Waals surface area contributed by atoms with Crippen molar-refractivity contribution in [3.05, 3.63) is 23.8 Å². The molecule has 0 fully saturated rings. The molecule has 1 aromatic rings. The fourth-order valence-electron chi connectivity index (χ4n) is 1.79. The van der Waals surface area contributed by atoms with Gasteiger partial charge in [0.2, 0.25) is 10.0 Å². The Balaban J connectivity index is 3.10. The van der Waals surface area contributed by atoms with Crippen LogP contribution in [0.25, 0.3) is 0 Å². The van der Waals surface area contributed by atoms with Gasteiger partial charge in [-0.25, -0.2) is 13.1 Å². The molecule has 0 saturated heterocycles. The Bertz CT molecular complexity index is 649. The smallest absolute Gasteiger partial charge is 0.251 e. The summed E-state index contributed by atoms with van der Waals surface area (Å²) in [6.45, 7) is 8.71. The molecule has 0 aliphatic rings. The van der Waals surface area contributed by atoms with Crippen LogP contribution in [0.1, 0.15) is 44.5 Å². The van der Waals surface area contributed by atoms with Crippen LogP contribution in [0.3, 0.4) is 0 Å². The average Bonchev–Trinajstić information content (AvgIpc) is 2.49. The second kappa shape index (κ2) is 7.79. The van der Waals surface area contributed by atoms with Gasteiger partial charge in [0.15, 0.2) is 0 Å². The van der Waals surface area contributed by atoms with Gasteiger partial charge in [0.25, 0.3) is 5.91 Å². The highest BCUT2D eigenvalue weighted by molar-refractivity contribution is 7.89. The van der Waals surface area contributed by atoms with Gasteiger partial charge in [-0.15, -0.1) is 0 Å². The minimum absolute atomic E-state index is 0.0307. The lowest BCUT2D eigenvalue weighted by molar-refractivity contribution is 0.0939. The van der Waals surface area contributed by atoms with Crippen molar-refractivity contribution < 1.29 is 17.9 Å². The van der Waals surface area contributed by atoms with Crippen LogP contribution in [0, 0.1) is 5.41 Å². The number of rotatable bonds is 7. The van der Waals surface area contributed by atoms with Crippen molar-refractivity contribution in [2.24, 2.45) is 5.41 Å². The number of carbonyl (C=O) groups excluding carboxylic acids is 1. The Morgan fingerprint density at radius 3 is 2.43 bits per heavy atom. The van der Waals surface area contributed by atoms with Crippen LogP contribution in [0.15, 0.2) is 23.1 Å². The Kier molecular flexibility index (Phi) is 6.58. The van der Waals surface area contributed by atoms with Crippen LogP contribution in [-0.4, -0.2) is 34.5 Å². The maximum atomic E-state index is 12.3. The Labute approximate surface area is 138 Å². The molecule has 0 spiro atoms. The summed E-state index contributed by atoms with van der Waals surface area (Å²) in [6, 6.07) is 4.39. The standard InChI is InChI=1S/C16H26N2O4S/c1-6-9-18-23(20,21)14-10-12(7-8-13(14)22-5)15(19)17-11-16(2,3)4/h7-8,10,18H,6,9,11H2,1-5H3,(H,17,19). The van der Waals surface area contributed by atoms with Gasteiger partial charge in [-0.2, -0.15) is 0 Å². The van der Waals surface area contributed by atoms with E-state index in [-0.39, 0.29) is 27.5 Å². The molecular formula is C16H26N2O4S. The van der Waals surface area contributed by atoms with Gasteiger partial charge in [0.05, 0.1) is 7.11 Å². The summed E-state index contributed by atoms with van der Waals surface area (Å²) >= 11 is 0. The van der Waals surface area contributed by atoms with Crippen molar-refractivity contribution in [3.63, 3.8) is 0 Å². The summed E-state index contributed by atoms with van der Waals surface area (Å²) < 4.78 is 32.3. The van der Waals surface area contributed by atoms with Crippen molar-refractivity contribution in [2.75, 3.05) is 20.2 Å². The van der Waals surface area contributed by atoms with E-state index in [1.54, 1.807) is 6.07 Å². The molecule has 0 saturated carbocycles. The Morgan fingerprint density at radius 1 is 1.26 bits per heavy atom. The predicted molar refractivity (Wildman–Crippen MR) is 90.3 cm³/mol. The number of hydrogen-bond donors (Lipinski definition) is 2. The molecule has 0 aromatic heterocycles. The van der Waals surface area contributed by atoms with Gasteiger partial charge >= 0.3 is 0 Å². The second-order valence-electron chi connectivity index (χ2n) is 6.51. The minimum Gasteiger partial charge on any atom is -0.495 e. The van der Waals surface area contributed by atoms with Crippen LogP contribution >= 0.6 is 0 Å². The summed E-state index contributed by atoms with van der Waals surface area (Å²) in [5.41, 5.74) is 0.228. The molecular weight excluding hydrogens is 316 g/mol. The fraction of sp³-hybridized carbons (Fsp3) is 0.562. The number of sulfonamides is 1. The zero-order chi connectivity index (χ0) is 17.7. The Morgan fingerprint density at radius 2 is 1.91 bits per heavy atom. The van der Waals surface area contributed by atoms with E-state index in [9.17, 15) is 13.2 Å². The van der Waals surface area contributed by atoms with E-state index in [1.165, 1.54) is 19.2 Å². The van der Waals surface area contributed by atoms with Crippen molar-refractivity contribution in [1.29, 1.82) is 0 Å². The predicted octanol–water partition coefficient (Wildman–Crippen LogP) is 2.16. The molecule has 0 unspecified atom stereocenters. The van der Waals surface area contributed by atoms with Crippen LogP contribution in [0.4, 0.5) is 0 Å². The highest BCUT2D eigenvalue weighted by Gasteiger charge is 2.21. The van der Waals surface area contributed by atoms with E-state index in [1.807, 2.05) is 27.7 Å². The van der Waals surface area contributed by atoms with Gasteiger partial charge in [-0.05, 0) is 30.0 Å². The lowest BCUT2D eigenvalue weighted by Crippen LogP contribution is -2.32. The monoisotopic (exact) mass is 342 g/mol. The number of hydrogen-bond acceptors (Lipinski definition) is 4. The molecule has 130 valence electrons. The van der Waals surface area contributed by atoms with Gasteiger partial charge in [-0.1, -0.05) is 27.7 Å². The van der Waals surface area contributed by atoms with E-state index in [4.69, 9.17) is 4.74 Å². The highest BCUT2D eigenvalue weighted by atomic mass is 32.2. The summed E-state index contributed by atoms with van der Waals surface area (Å²) in [4.78, 5) is 12.2. The van der Waals surface area contributed by atoms with Gasteiger partial charge in [-0.3, -0.25) is 4.79 Å². The van der Waals surface area contributed by atoms with Crippen molar-refractivity contribution in [2.45, 2.75) is 39.0 Å². The number of carbonyl (C=O) groups is 1. The van der Waals surface area contributed by atoms with Crippen molar-refractivity contribution in [3.8, 4) is 5.75 Å². The van der Waals surface area contributed by atoms with Gasteiger partial charge < -0.3 is 10.1 Å². The van der Waals surface area contributed by atoms with Crippen molar-refractivity contribution >= 4 is 15.9 Å². The molecule has 1 amide bonds. The summed E-state index contributed by atoms with van der Waals surface area (Å²) in [7, 11) is -2.32. The molecule has 0 aliphatic carbocycles. The first-order chi connectivity index (χ1) is 10.6. The van der Waals surface area contributed by atoms with Crippen molar-refractivity contribution in [1.82, 2.24) is 10.0 Å². The van der Waals surface area contributed by atoms with E-state index < -0.39 is 10.0 Å². The number of ether oxygens (including phenoxy) is 1. The van der Waals surface area contributed by atoms with Gasteiger partial charge in [0.1, 0.15) is 10.6 Å². The molecule has 0 radical (unpaired) electrons. The third-order valence-corrected chi connectivity index (χ3v) is 4.52. The first kappa shape index (κ1) is 19.4. The summed E-state index contributed by atoms with van der Waals surface area (Å²) in [6.07, 6.45) is 0.674. The topological polar surface area (TPSA) is 84.5 Å². The van der Waals surface area contributed by atoms with Gasteiger partial charge in [0, 0.05) is 18.7 Å². The molecule has 2 N–H and O–H groups in total. The lowest BCUT2D eigenvalue weighted by atomic mass is 9.97. The molecule has 0 aliphatic heterocycles. The van der Waals surface area contributed by atoms with E-state index in [2.05, 4.69) is 10.0 Å². The molecule has 1 rings (SSSR count). The maximum Gasteiger partial charge on any atom is 0.251 e. The summed E-state index contributed by atoms with van der Waals surface area (Å²) in [5.74, 6) is -0.101. The molecule has 6 nitrogen and oxygen atoms in total. The first-order valence-electron chi connectivity index (χ1n) is 7.56. The minimum atomic E-state index is -3.72. The average molecular weight is 342 g/mol. The van der Waals surface area contributed by atoms with E-state index in [0.717, 1.165) is 0 Å². The third-order valence-electron chi connectivity index (χ3n) is 3.04. The maximum absolute atomic E-state index is 12.3. The number of benzene rings is 1. The number of methoxy groups -OCH3 is 1. The SMILES string of the molecule is CCCNS(=O)(=O)c1cc(C(=O)NCC(C)(C)C)ccc1OC. The summed E-state index contributed by atoms with van der Waals surface area (Å²) in [5, 5.41) is 2.80. The molecule has 0 heterocycles. The van der Waals surface area contributed by atoms with Crippen LogP contribution in [0.5, 0.6) is 5.75 Å². The number of amides is 1. The Hall–Kier alpha value is -1.60. The van der Waals surface area contributed by atoms with Crippen LogP contribution in [-0.2, 0) is 10.0 Å². The zero-order valence-corrected chi connectivity index (χ0v) is 15.2. The quantitative estimate of drug-likeness (QED) is 0.795. The first-order valence-corrected chi connectivity index (χ1v) is 9.05. The highest BCUT2D eigenvalue weighted by Crippen LogP contribution is 2.25. The molecule has 1 aromatic carbocycles. The molecule has 7 heteroatoms. The second-order valence-corrected chi connectivity index (χ2v) is 8.24. The normalized spacial score (nSPS) is 12.0. The van der Waals surface area contributed by atoms with Crippen LogP contribution < -0.4 is 14.8 Å². The number of nitrogens with one attached hydrogen (secondary N) is 2. The third kappa shape index (κ3) is 5.84. The molecule has 23 heavy (non-hydrogen) atoms. The zero-order valence-electron chi connectivity index (χ0n) is 14.4. The van der Waals surface area contributed by atoms with Crippen LogP contribution in [0.2, 0.25) is 0 Å². The van der Waals surface area contributed by atoms with E-state index >= 15 is 0 Å². The lowest BCUT2D eigenvalue weighted by Gasteiger charge is -2.19.